The summed E-state index contributed by atoms with van der Waals surface area (Å²) in [4.78, 5) is 25.8. The molecule has 1 aliphatic rings. The zero-order valence-electron chi connectivity index (χ0n) is 13.2. The van der Waals surface area contributed by atoms with E-state index in [0.717, 1.165) is 5.56 Å². The van der Waals surface area contributed by atoms with E-state index in [2.05, 4.69) is 5.32 Å². The van der Waals surface area contributed by atoms with Gasteiger partial charge in [0.15, 0.2) is 4.32 Å². The fourth-order valence-electron chi connectivity index (χ4n) is 2.30. The van der Waals surface area contributed by atoms with Crippen LogP contribution in [0.4, 0.5) is 11.4 Å². The van der Waals surface area contributed by atoms with Crippen LogP contribution in [0, 0.1) is 0 Å². The van der Waals surface area contributed by atoms with E-state index in [1.165, 1.54) is 23.6 Å². The Morgan fingerprint density at radius 3 is 2.40 bits per heavy atom. The van der Waals surface area contributed by atoms with Crippen molar-refractivity contribution in [3.8, 4) is 0 Å². The van der Waals surface area contributed by atoms with Gasteiger partial charge in [0.1, 0.15) is 0 Å². The number of halogens is 1. The molecule has 0 aliphatic carbocycles. The lowest BCUT2D eigenvalue weighted by Gasteiger charge is -2.14. The van der Waals surface area contributed by atoms with E-state index in [0.29, 0.717) is 25.6 Å². The molecule has 4 nitrogen and oxygen atoms in total. The molecule has 0 aromatic heterocycles. The van der Waals surface area contributed by atoms with E-state index < -0.39 is 0 Å². The number of carbonyl (C=O) groups excluding carboxylic acids is 2. The fourth-order valence-corrected chi connectivity index (χ4v) is 3.72. The summed E-state index contributed by atoms with van der Waals surface area (Å²) in [5.74, 6) is -0.292. The van der Waals surface area contributed by atoms with Crippen LogP contribution in [0.3, 0.4) is 0 Å². The lowest BCUT2D eigenvalue weighted by molar-refractivity contribution is -0.114. The molecule has 1 fully saturated rings. The first-order valence-corrected chi connectivity index (χ1v) is 8.95. The third-order valence-corrected chi connectivity index (χ3v) is 4.96. The standard InChI is InChI=1S/C18H13ClN2O2S2/c1-11(22)20-14-6-2-12(3-7-14)10-16-17(23)21(18(24)25-16)15-8-4-13(19)5-9-15/h2-10H,1H3,(H,20,22)/b16-10-. The van der Waals surface area contributed by atoms with E-state index in [9.17, 15) is 9.59 Å². The van der Waals surface area contributed by atoms with Crippen molar-refractivity contribution in [3.05, 3.63) is 64.0 Å². The van der Waals surface area contributed by atoms with Crippen molar-refractivity contribution in [2.45, 2.75) is 6.92 Å². The predicted molar refractivity (Wildman–Crippen MR) is 108 cm³/mol. The summed E-state index contributed by atoms with van der Waals surface area (Å²) < 4.78 is 0.480. The Bertz CT molecular complexity index is 877. The second-order valence-electron chi connectivity index (χ2n) is 5.30. The van der Waals surface area contributed by atoms with Gasteiger partial charge in [-0.3, -0.25) is 14.5 Å². The summed E-state index contributed by atoms with van der Waals surface area (Å²) in [6.45, 7) is 1.45. The van der Waals surface area contributed by atoms with Gasteiger partial charge in [0.05, 0.1) is 10.6 Å². The van der Waals surface area contributed by atoms with Gasteiger partial charge in [-0.05, 0) is 48.0 Å². The fraction of sp³-hybridized carbons (Fsp3) is 0.0556. The molecule has 0 unspecified atom stereocenters. The zero-order valence-corrected chi connectivity index (χ0v) is 15.5. The molecule has 0 radical (unpaired) electrons. The first kappa shape index (κ1) is 17.7. The maximum Gasteiger partial charge on any atom is 0.270 e. The van der Waals surface area contributed by atoms with Crippen molar-refractivity contribution in [1.82, 2.24) is 0 Å². The van der Waals surface area contributed by atoms with E-state index in [1.54, 1.807) is 42.5 Å². The second-order valence-corrected chi connectivity index (χ2v) is 7.41. The van der Waals surface area contributed by atoms with E-state index in [1.807, 2.05) is 12.1 Å². The smallest absolute Gasteiger partial charge is 0.270 e. The number of thiocarbonyl (C=S) groups is 1. The van der Waals surface area contributed by atoms with E-state index >= 15 is 0 Å². The molecule has 0 bridgehead atoms. The lowest BCUT2D eigenvalue weighted by atomic mass is 10.2. The van der Waals surface area contributed by atoms with Crippen molar-refractivity contribution < 1.29 is 9.59 Å². The molecule has 7 heteroatoms. The topological polar surface area (TPSA) is 49.4 Å². The van der Waals surface area contributed by atoms with Crippen molar-refractivity contribution in [2.75, 3.05) is 10.2 Å². The van der Waals surface area contributed by atoms with Gasteiger partial charge in [0, 0.05) is 17.6 Å². The number of nitrogens with one attached hydrogen (secondary N) is 1. The molecule has 1 aliphatic heterocycles. The molecule has 2 aromatic rings. The largest absolute Gasteiger partial charge is 0.326 e. The Balaban J connectivity index is 1.82. The van der Waals surface area contributed by atoms with Crippen LogP contribution in [0.2, 0.25) is 5.02 Å². The van der Waals surface area contributed by atoms with Crippen LogP contribution in [-0.4, -0.2) is 16.1 Å². The number of thioether (sulfide) groups is 1. The van der Waals surface area contributed by atoms with Crippen molar-refractivity contribution in [1.29, 1.82) is 0 Å². The van der Waals surface area contributed by atoms with Crippen LogP contribution in [0.1, 0.15) is 12.5 Å². The first-order chi connectivity index (χ1) is 11.9. The van der Waals surface area contributed by atoms with Gasteiger partial charge >= 0.3 is 0 Å². The average Bonchev–Trinajstić information content (AvgIpc) is 2.84. The minimum Gasteiger partial charge on any atom is -0.326 e. The Kier molecular flexibility index (Phi) is 5.22. The summed E-state index contributed by atoms with van der Waals surface area (Å²) >= 11 is 12.5. The molecule has 1 N–H and O–H groups in total. The molecule has 1 saturated heterocycles. The summed E-state index contributed by atoms with van der Waals surface area (Å²) in [5, 5.41) is 3.30. The van der Waals surface area contributed by atoms with Crippen molar-refractivity contribution in [2.24, 2.45) is 0 Å². The molecule has 0 spiro atoms. The Morgan fingerprint density at radius 1 is 1.16 bits per heavy atom. The minimum atomic E-state index is -0.164. The van der Waals surface area contributed by atoms with Crippen molar-refractivity contribution in [3.63, 3.8) is 0 Å². The molecule has 0 atom stereocenters. The Morgan fingerprint density at radius 2 is 1.80 bits per heavy atom. The van der Waals surface area contributed by atoms with E-state index in [4.69, 9.17) is 23.8 Å². The Labute approximate surface area is 159 Å². The summed E-state index contributed by atoms with van der Waals surface area (Å²) in [6, 6.07) is 14.2. The highest BCUT2D eigenvalue weighted by Gasteiger charge is 2.33. The number of carbonyl (C=O) groups is 2. The minimum absolute atomic E-state index is 0.128. The number of nitrogens with zero attached hydrogens (tertiary/aromatic N) is 1. The molecule has 1 heterocycles. The third-order valence-electron chi connectivity index (χ3n) is 3.41. The maximum absolute atomic E-state index is 12.7. The predicted octanol–water partition coefficient (Wildman–Crippen LogP) is 4.70. The number of rotatable bonds is 3. The van der Waals surface area contributed by atoms with E-state index in [-0.39, 0.29) is 11.8 Å². The zero-order chi connectivity index (χ0) is 18.0. The van der Waals surface area contributed by atoms with Gasteiger partial charge in [-0.1, -0.05) is 47.7 Å². The highest BCUT2D eigenvalue weighted by atomic mass is 35.5. The average molecular weight is 389 g/mol. The Hall–Kier alpha value is -2.15. The molecule has 0 saturated carbocycles. The number of hydrogen-bond donors (Lipinski definition) is 1. The van der Waals surface area contributed by atoms with Crippen LogP contribution < -0.4 is 10.2 Å². The quantitative estimate of drug-likeness (QED) is 0.611. The van der Waals surface area contributed by atoms with Crippen LogP contribution in [0.5, 0.6) is 0 Å². The lowest BCUT2D eigenvalue weighted by Crippen LogP contribution is -2.27. The molecule has 2 amide bonds. The second kappa shape index (κ2) is 7.39. The molecule has 25 heavy (non-hydrogen) atoms. The van der Waals surface area contributed by atoms with Gasteiger partial charge < -0.3 is 5.32 Å². The number of benzene rings is 2. The molecule has 3 rings (SSSR count). The summed E-state index contributed by atoms with van der Waals surface area (Å²) in [7, 11) is 0. The van der Waals surface area contributed by atoms with Crippen molar-refractivity contribution >= 4 is 69.2 Å². The number of anilines is 2. The monoisotopic (exact) mass is 388 g/mol. The van der Waals surface area contributed by atoms with Gasteiger partial charge in [0.2, 0.25) is 5.91 Å². The van der Waals surface area contributed by atoms with Gasteiger partial charge in [-0.15, -0.1) is 0 Å². The first-order valence-electron chi connectivity index (χ1n) is 7.35. The molecular formula is C18H13ClN2O2S2. The van der Waals surface area contributed by atoms with Gasteiger partial charge in [0.25, 0.3) is 5.91 Å². The molecule has 2 aromatic carbocycles. The number of hydrogen-bond acceptors (Lipinski definition) is 4. The van der Waals surface area contributed by atoms with Crippen LogP contribution in [0.25, 0.3) is 6.08 Å². The molecular weight excluding hydrogens is 376 g/mol. The number of amides is 2. The normalized spacial score (nSPS) is 15.8. The summed E-state index contributed by atoms with van der Waals surface area (Å²) in [6.07, 6.45) is 1.78. The van der Waals surface area contributed by atoms with Crippen LogP contribution in [-0.2, 0) is 9.59 Å². The highest BCUT2D eigenvalue weighted by molar-refractivity contribution is 8.27. The van der Waals surface area contributed by atoms with Crippen LogP contribution in [0.15, 0.2) is 53.4 Å². The van der Waals surface area contributed by atoms with Crippen LogP contribution >= 0.6 is 35.6 Å². The van der Waals surface area contributed by atoms with Gasteiger partial charge in [-0.2, -0.15) is 0 Å². The third kappa shape index (κ3) is 4.10. The highest BCUT2D eigenvalue weighted by Crippen LogP contribution is 2.36. The molecule has 126 valence electrons. The SMILES string of the molecule is CC(=O)Nc1ccc(/C=C2\SC(=S)N(c3ccc(Cl)cc3)C2=O)cc1. The maximum atomic E-state index is 12.7. The van der Waals surface area contributed by atoms with Gasteiger partial charge in [-0.25, -0.2) is 0 Å². The summed E-state index contributed by atoms with van der Waals surface area (Å²) in [5.41, 5.74) is 2.25.